The summed E-state index contributed by atoms with van der Waals surface area (Å²) >= 11 is 0. The first-order chi connectivity index (χ1) is 9.58. The summed E-state index contributed by atoms with van der Waals surface area (Å²) in [6.07, 6.45) is 2.07. The molecule has 1 amide bonds. The maximum absolute atomic E-state index is 11.8. The van der Waals surface area contributed by atoms with Gasteiger partial charge in [0.25, 0.3) is 5.69 Å². The second kappa shape index (κ2) is 6.33. The van der Waals surface area contributed by atoms with Crippen LogP contribution in [0.25, 0.3) is 0 Å². The zero-order valence-electron chi connectivity index (χ0n) is 11.0. The number of nitrogens with zero attached hydrogens (tertiary/aromatic N) is 1. The molecule has 1 aliphatic heterocycles. The van der Waals surface area contributed by atoms with Crippen LogP contribution in [-0.4, -0.2) is 29.0 Å². The van der Waals surface area contributed by atoms with Crippen LogP contribution < -0.4 is 10.6 Å². The lowest BCUT2D eigenvalue weighted by Crippen LogP contribution is -2.15. The number of carbonyl (C=O) groups excluding carboxylic acids is 1. The number of hydrogen-bond donors (Lipinski definition) is 3. The molecule has 0 aromatic heterocycles. The monoisotopic (exact) mass is 279 g/mol. The van der Waals surface area contributed by atoms with Gasteiger partial charge in [-0.3, -0.25) is 14.9 Å². The Bertz CT molecular complexity index is 512. The number of nitrogens with one attached hydrogen (secondary N) is 2. The summed E-state index contributed by atoms with van der Waals surface area (Å²) < 4.78 is 0. The van der Waals surface area contributed by atoms with Gasteiger partial charge in [0, 0.05) is 12.5 Å². The molecule has 1 fully saturated rings. The summed E-state index contributed by atoms with van der Waals surface area (Å²) in [5.74, 6) is -0.142. The average Bonchev–Trinajstić information content (AvgIpc) is 2.91. The quantitative estimate of drug-likeness (QED) is 0.431. The lowest BCUT2D eigenvalue weighted by Gasteiger charge is -2.10. The van der Waals surface area contributed by atoms with Crippen molar-refractivity contribution in [2.24, 2.45) is 5.92 Å². The molecular formula is C13H17N3O4. The van der Waals surface area contributed by atoms with Gasteiger partial charge in [-0.15, -0.1) is 0 Å². The molecule has 2 rings (SSSR count). The minimum Gasteiger partial charge on any atom is -0.505 e. The van der Waals surface area contributed by atoms with Crippen LogP contribution in [0.3, 0.4) is 0 Å². The fourth-order valence-electron chi connectivity index (χ4n) is 2.31. The highest BCUT2D eigenvalue weighted by Crippen LogP contribution is 2.33. The van der Waals surface area contributed by atoms with E-state index >= 15 is 0 Å². The Hall–Kier alpha value is -2.15. The van der Waals surface area contributed by atoms with Gasteiger partial charge in [-0.1, -0.05) is 6.07 Å². The summed E-state index contributed by atoms with van der Waals surface area (Å²) in [5, 5.41) is 26.1. The van der Waals surface area contributed by atoms with Crippen molar-refractivity contribution in [2.75, 3.05) is 18.4 Å². The van der Waals surface area contributed by atoms with Crippen molar-refractivity contribution in [3.05, 3.63) is 28.3 Å². The average molecular weight is 279 g/mol. The van der Waals surface area contributed by atoms with E-state index in [1.165, 1.54) is 18.2 Å². The van der Waals surface area contributed by atoms with Gasteiger partial charge in [0.2, 0.25) is 5.91 Å². The predicted molar refractivity (Wildman–Crippen MR) is 73.6 cm³/mol. The minimum absolute atomic E-state index is 0.132. The fraction of sp³-hybridized carbons (Fsp3) is 0.462. The van der Waals surface area contributed by atoms with E-state index in [-0.39, 0.29) is 29.5 Å². The predicted octanol–water partition coefficient (Wildman–Crippen LogP) is 1.63. The number of phenols is 1. The molecule has 108 valence electrons. The molecule has 1 aliphatic rings. The van der Waals surface area contributed by atoms with Crippen molar-refractivity contribution >= 4 is 17.3 Å². The third kappa shape index (κ3) is 3.45. The summed E-state index contributed by atoms with van der Waals surface area (Å²) in [7, 11) is 0. The first-order valence-corrected chi connectivity index (χ1v) is 6.55. The van der Waals surface area contributed by atoms with Crippen LogP contribution in [0, 0.1) is 16.0 Å². The van der Waals surface area contributed by atoms with Crippen molar-refractivity contribution in [1.82, 2.24) is 5.32 Å². The van der Waals surface area contributed by atoms with Crippen molar-refractivity contribution in [1.29, 1.82) is 0 Å². The molecule has 0 saturated carbocycles. The van der Waals surface area contributed by atoms with Gasteiger partial charge in [-0.25, -0.2) is 0 Å². The van der Waals surface area contributed by atoms with Gasteiger partial charge in [0.1, 0.15) is 5.75 Å². The van der Waals surface area contributed by atoms with E-state index in [4.69, 9.17) is 0 Å². The highest BCUT2D eigenvalue weighted by molar-refractivity contribution is 5.94. The van der Waals surface area contributed by atoms with E-state index in [0.717, 1.165) is 25.9 Å². The highest BCUT2D eigenvalue weighted by atomic mass is 16.6. The van der Waals surface area contributed by atoms with Gasteiger partial charge in [-0.05, 0) is 37.9 Å². The molecule has 3 N–H and O–H groups in total. The highest BCUT2D eigenvalue weighted by Gasteiger charge is 2.20. The molecule has 1 atom stereocenters. The topological polar surface area (TPSA) is 104 Å². The Morgan fingerprint density at radius 2 is 2.35 bits per heavy atom. The van der Waals surface area contributed by atoms with Gasteiger partial charge in [0.05, 0.1) is 4.92 Å². The molecule has 0 bridgehead atoms. The van der Waals surface area contributed by atoms with Crippen molar-refractivity contribution in [3.8, 4) is 5.75 Å². The van der Waals surface area contributed by atoms with Crippen LogP contribution >= 0.6 is 0 Å². The van der Waals surface area contributed by atoms with Crippen LogP contribution in [0.5, 0.6) is 5.75 Å². The first-order valence-electron chi connectivity index (χ1n) is 6.55. The third-order valence-corrected chi connectivity index (χ3v) is 3.42. The van der Waals surface area contributed by atoms with E-state index < -0.39 is 4.92 Å². The molecule has 1 aromatic carbocycles. The number of para-hydroxylation sites is 1. The minimum atomic E-state index is -0.629. The first kappa shape index (κ1) is 14.3. The Morgan fingerprint density at radius 3 is 3.00 bits per heavy atom. The van der Waals surface area contributed by atoms with E-state index in [1.807, 2.05) is 0 Å². The normalized spacial score (nSPS) is 17.9. The largest absolute Gasteiger partial charge is 0.505 e. The van der Waals surface area contributed by atoms with Gasteiger partial charge in [0.15, 0.2) is 5.69 Å². The number of phenolic OH excluding ortho intramolecular Hbond substituents is 1. The summed E-state index contributed by atoms with van der Waals surface area (Å²) in [6.45, 7) is 1.88. The number of anilines is 1. The molecule has 1 aromatic rings. The number of nitro groups is 1. The molecular weight excluding hydrogens is 262 g/mol. The van der Waals surface area contributed by atoms with E-state index in [0.29, 0.717) is 5.92 Å². The number of nitro benzene ring substituents is 1. The van der Waals surface area contributed by atoms with Crippen LogP contribution in [0.1, 0.15) is 19.3 Å². The zero-order valence-corrected chi connectivity index (χ0v) is 11.0. The molecule has 1 heterocycles. The Balaban J connectivity index is 1.98. The molecule has 0 spiro atoms. The number of amides is 1. The second-order valence-electron chi connectivity index (χ2n) is 4.87. The van der Waals surface area contributed by atoms with Gasteiger partial charge in [-0.2, -0.15) is 0 Å². The molecule has 7 heteroatoms. The Labute approximate surface area is 116 Å². The number of rotatable bonds is 5. The number of carbonyl (C=O) groups is 1. The number of hydrogen-bond acceptors (Lipinski definition) is 5. The molecule has 1 unspecified atom stereocenters. The SMILES string of the molecule is O=C(CCC1CCNC1)Nc1c(O)cccc1[N+](=O)[O-]. The third-order valence-electron chi connectivity index (χ3n) is 3.42. The van der Waals surface area contributed by atoms with Crippen LogP contribution in [0.4, 0.5) is 11.4 Å². The summed E-state index contributed by atoms with van der Waals surface area (Å²) in [6, 6.07) is 3.92. The van der Waals surface area contributed by atoms with Crippen LogP contribution in [0.15, 0.2) is 18.2 Å². The van der Waals surface area contributed by atoms with Crippen molar-refractivity contribution in [3.63, 3.8) is 0 Å². The van der Waals surface area contributed by atoms with Crippen LogP contribution in [-0.2, 0) is 4.79 Å². The maximum Gasteiger partial charge on any atom is 0.296 e. The fourth-order valence-corrected chi connectivity index (χ4v) is 2.31. The Kier molecular flexibility index (Phi) is 4.52. The van der Waals surface area contributed by atoms with Crippen LogP contribution in [0.2, 0.25) is 0 Å². The van der Waals surface area contributed by atoms with E-state index in [9.17, 15) is 20.0 Å². The molecule has 1 saturated heterocycles. The van der Waals surface area contributed by atoms with E-state index in [2.05, 4.69) is 10.6 Å². The van der Waals surface area contributed by atoms with Crippen molar-refractivity contribution < 1.29 is 14.8 Å². The maximum atomic E-state index is 11.8. The number of benzene rings is 1. The lowest BCUT2D eigenvalue weighted by molar-refractivity contribution is -0.384. The summed E-state index contributed by atoms with van der Waals surface area (Å²) in [4.78, 5) is 22.1. The molecule has 20 heavy (non-hydrogen) atoms. The smallest absolute Gasteiger partial charge is 0.296 e. The Morgan fingerprint density at radius 1 is 1.55 bits per heavy atom. The summed E-state index contributed by atoms with van der Waals surface area (Å²) in [5.41, 5.74) is -0.437. The number of aromatic hydroxyl groups is 1. The van der Waals surface area contributed by atoms with Gasteiger partial charge < -0.3 is 15.7 Å². The van der Waals surface area contributed by atoms with Crippen molar-refractivity contribution in [2.45, 2.75) is 19.3 Å². The zero-order chi connectivity index (χ0) is 14.5. The second-order valence-corrected chi connectivity index (χ2v) is 4.87. The van der Waals surface area contributed by atoms with Gasteiger partial charge >= 0.3 is 0 Å². The molecule has 0 aliphatic carbocycles. The van der Waals surface area contributed by atoms with E-state index in [1.54, 1.807) is 0 Å². The molecule has 0 radical (unpaired) electrons. The molecule has 7 nitrogen and oxygen atoms in total. The lowest BCUT2D eigenvalue weighted by atomic mass is 10.0. The standard InChI is InChI=1S/C13H17N3O4/c17-11-3-1-2-10(16(19)20)13(11)15-12(18)5-4-9-6-7-14-8-9/h1-3,9,14,17H,4-8H2,(H,15,18).